The number of aromatic nitrogens is 1. The molecule has 1 aromatic heterocycles. The van der Waals surface area contributed by atoms with E-state index in [9.17, 15) is 28.1 Å². The lowest BCUT2D eigenvalue weighted by molar-refractivity contribution is -0.388. The van der Waals surface area contributed by atoms with Gasteiger partial charge in [-0.25, -0.2) is 18.6 Å². The van der Waals surface area contributed by atoms with Crippen LogP contribution in [0.4, 0.5) is 18.9 Å². The zero-order valence-corrected chi connectivity index (χ0v) is 8.32. The Kier molecular flexibility index (Phi) is 3.61. The van der Waals surface area contributed by atoms with Crippen molar-refractivity contribution in [1.82, 2.24) is 4.98 Å². The summed E-state index contributed by atoms with van der Waals surface area (Å²) in [6, 6.07) is 0. The van der Waals surface area contributed by atoms with Crippen LogP contribution in [-0.2, 0) is 4.74 Å². The zero-order chi connectivity index (χ0) is 13.2. The smallest absolute Gasteiger partial charge is 0.357 e. The van der Waals surface area contributed by atoms with Gasteiger partial charge in [-0.2, -0.15) is 4.39 Å². The van der Waals surface area contributed by atoms with Crippen molar-refractivity contribution in [2.75, 3.05) is 7.11 Å². The predicted octanol–water partition coefficient (Wildman–Crippen LogP) is 1.85. The van der Waals surface area contributed by atoms with E-state index in [1.165, 1.54) is 0 Å². The van der Waals surface area contributed by atoms with E-state index in [0.717, 1.165) is 7.11 Å². The van der Waals surface area contributed by atoms with Gasteiger partial charge >= 0.3 is 11.7 Å². The summed E-state index contributed by atoms with van der Waals surface area (Å²) < 4.78 is 42.5. The lowest BCUT2D eigenvalue weighted by atomic mass is 10.1. The number of alkyl halides is 2. The van der Waals surface area contributed by atoms with Gasteiger partial charge in [0.25, 0.3) is 6.43 Å². The summed E-state index contributed by atoms with van der Waals surface area (Å²) in [6.07, 6.45) is -3.04. The monoisotopic (exact) mass is 250 g/mol. The highest BCUT2D eigenvalue weighted by molar-refractivity contribution is 5.89. The van der Waals surface area contributed by atoms with Crippen molar-refractivity contribution in [2.24, 2.45) is 0 Å². The fraction of sp³-hybridized carbons (Fsp3) is 0.250. The summed E-state index contributed by atoms with van der Waals surface area (Å²) in [5, 5.41) is 10.3. The van der Waals surface area contributed by atoms with Gasteiger partial charge in [-0.15, -0.1) is 0 Å². The molecule has 0 atom stereocenters. The third-order valence-corrected chi connectivity index (χ3v) is 1.83. The average Bonchev–Trinajstić information content (AvgIpc) is 2.26. The Morgan fingerprint density at radius 1 is 1.59 bits per heavy atom. The summed E-state index contributed by atoms with van der Waals surface area (Å²) in [6.45, 7) is 0. The van der Waals surface area contributed by atoms with E-state index in [0.29, 0.717) is 6.20 Å². The molecule has 0 bridgehead atoms. The van der Waals surface area contributed by atoms with Crippen LogP contribution in [0.1, 0.15) is 22.5 Å². The van der Waals surface area contributed by atoms with Gasteiger partial charge in [0.2, 0.25) is 5.82 Å². The Balaban J connectivity index is 3.50. The Morgan fingerprint density at radius 3 is 2.59 bits per heavy atom. The number of nitrogens with zero attached hydrogens (tertiary/aromatic N) is 2. The first kappa shape index (κ1) is 12.9. The molecule has 9 heteroatoms. The molecule has 0 radical (unpaired) electrons. The van der Waals surface area contributed by atoms with Crippen molar-refractivity contribution < 1.29 is 27.6 Å². The summed E-state index contributed by atoms with van der Waals surface area (Å²) in [7, 11) is 0.887. The molecule has 1 rings (SSSR count). The molecule has 92 valence electrons. The third-order valence-electron chi connectivity index (χ3n) is 1.83. The van der Waals surface area contributed by atoms with Gasteiger partial charge in [0.15, 0.2) is 5.69 Å². The molecule has 0 aliphatic rings. The predicted molar refractivity (Wildman–Crippen MR) is 47.1 cm³/mol. The Morgan fingerprint density at radius 2 is 2.18 bits per heavy atom. The number of nitro groups is 1. The molecule has 6 nitrogen and oxygen atoms in total. The number of rotatable bonds is 3. The molecule has 0 fully saturated rings. The van der Waals surface area contributed by atoms with E-state index in [1.807, 2.05) is 0 Å². The van der Waals surface area contributed by atoms with Crippen LogP contribution in [0.15, 0.2) is 6.20 Å². The Labute approximate surface area is 92.2 Å². The van der Waals surface area contributed by atoms with Crippen LogP contribution >= 0.6 is 0 Å². The second kappa shape index (κ2) is 4.76. The normalized spacial score (nSPS) is 10.4. The van der Waals surface area contributed by atoms with Crippen LogP contribution in [-0.4, -0.2) is 23.0 Å². The lowest BCUT2D eigenvalue weighted by Crippen LogP contribution is -2.12. The molecule has 1 aromatic rings. The van der Waals surface area contributed by atoms with Crippen LogP contribution in [0.2, 0.25) is 0 Å². The number of ether oxygens (including phenoxy) is 1. The maximum Gasteiger partial charge on any atom is 0.357 e. The average molecular weight is 250 g/mol. The van der Waals surface area contributed by atoms with E-state index < -0.39 is 40.1 Å². The second-order valence-corrected chi connectivity index (χ2v) is 2.77. The van der Waals surface area contributed by atoms with E-state index in [2.05, 4.69) is 9.72 Å². The molecule has 0 aromatic carbocycles. The van der Waals surface area contributed by atoms with Crippen molar-refractivity contribution in [1.29, 1.82) is 0 Å². The number of carbonyl (C=O) groups is 1. The number of pyridine rings is 1. The first-order chi connectivity index (χ1) is 7.90. The van der Waals surface area contributed by atoms with Crippen LogP contribution in [0, 0.1) is 15.9 Å². The largest absolute Gasteiger partial charge is 0.464 e. The van der Waals surface area contributed by atoms with Gasteiger partial charge in [-0.05, 0) is 0 Å². The van der Waals surface area contributed by atoms with Gasteiger partial charge in [0.05, 0.1) is 17.6 Å². The molecule has 0 aliphatic carbocycles. The molecule has 0 spiro atoms. The molecule has 1 heterocycles. The molecule has 0 unspecified atom stereocenters. The van der Waals surface area contributed by atoms with Crippen molar-refractivity contribution in [3.63, 3.8) is 0 Å². The molecule has 0 N–H and O–H groups in total. The summed E-state index contributed by atoms with van der Waals surface area (Å²) in [4.78, 5) is 23.2. The SMILES string of the molecule is COC(=O)c1ncc([N+](=O)[O-])c(F)c1C(F)F. The van der Waals surface area contributed by atoms with Gasteiger partial charge in [-0.1, -0.05) is 0 Å². The minimum atomic E-state index is -3.42. The highest BCUT2D eigenvalue weighted by Crippen LogP contribution is 2.30. The topological polar surface area (TPSA) is 82.3 Å². The molecule has 0 saturated carbocycles. The molecule has 0 amide bonds. The number of methoxy groups -OCH3 is 1. The van der Waals surface area contributed by atoms with Gasteiger partial charge < -0.3 is 4.74 Å². The standard InChI is InChI=1S/C8H5F3N2O4/c1-17-8(14)6-4(7(10)11)5(9)3(2-12-6)13(15)16/h2,7H,1H3. The first-order valence-corrected chi connectivity index (χ1v) is 4.09. The number of carbonyl (C=O) groups excluding carboxylic acids is 1. The van der Waals surface area contributed by atoms with Crippen LogP contribution in [0.3, 0.4) is 0 Å². The Hall–Kier alpha value is -2.19. The molecule has 17 heavy (non-hydrogen) atoms. The number of hydrogen-bond acceptors (Lipinski definition) is 5. The van der Waals surface area contributed by atoms with E-state index >= 15 is 0 Å². The maximum absolute atomic E-state index is 13.4. The number of esters is 1. The number of hydrogen-bond donors (Lipinski definition) is 0. The summed E-state index contributed by atoms with van der Waals surface area (Å²) in [5.74, 6) is -3.09. The van der Waals surface area contributed by atoms with Crippen molar-refractivity contribution in [3.8, 4) is 0 Å². The lowest BCUT2D eigenvalue weighted by Gasteiger charge is -2.06. The number of halogens is 3. The molecular weight excluding hydrogens is 245 g/mol. The zero-order valence-electron chi connectivity index (χ0n) is 8.32. The van der Waals surface area contributed by atoms with Crippen LogP contribution in [0.25, 0.3) is 0 Å². The van der Waals surface area contributed by atoms with E-state index in [-0.39, 0.29) is 0 Å². The molecule has 0 saturated heterocycles. The van der Waals surface area contributed by atoms with E-state index in [4.69, 9.17) is 0 Å². The van der Waals surface area contributed by atoms with Crippen molar-refractivity contribution >= 4 is 11.7 Å². The van der Waals surface area contributed by atoms with E-state index in [1.54, 1.807) is 0 Å². The fourth-order valence-corrected chi connectivity index (χ4v) is 1.08. The maximum atomic E-state index is 13.4. The van der Waals surface area contributed by atoms with Gasteiger partial charge in [-0.3, -0.25) is 10.1 Å². The summed E-state index contributed by atoms with van der Waals surface area (Å²) in [5.41, 5.74) is -3.65. The fourth-order valence-electron chi connectivity index (χ4n) is 1.08. The first-order valence-electron chi connectivity index (χ1n) is 4.09. The van der Waals surface area contributed by atoms with Gasteiger partial charge in [0.1, 0.15) is 6.20 Å². The second-order valence-electron chi connectivity index (χ2n) is 2.77. The highest BCUT2D eigenvalue weighted by atomic mass is 19.3. The van der Waals surface area contributed by atoms with Crippen LogP contribution < -0.4 is 0 Å². The van der Waals surface area contributed by atoms with Crippen molar-refractivity contribution in [2.45, 2.75) is 6.43 Å². The Bertz CT molecular complexity index is 478. The highest BCUT2D eigenvalue weighted by Gasteiger charge is 2.31. The third kappa shape index (κ3) is 2.32. The minimum Gasteiger partial charge on any atom is -0.464 e. The molecular formula is C8H5F3N2O4. The quantitative estimate of drug-likeness (QED) is 0.464. The van der Waals surface area contributed by atoms with Gasteiger partial charge in [0, 0.05) is 0 Å². The van der Waals surface area contributed by atoms with Crippen LogP contribution in [0.5, 0.6) is 0 Å². The summed E-state index contributed by atoms with van der Waals surface area (Å²) >= 11 is 0. The van der Waals surface area contributed by atoms with Crippen molar-refractivity contribution in [3.05, 3.63) is 33.4 Å². The molecule has 0 aliphatic heterocycles. The minimum absolute atomic E-state index is 0.382.